The van der Waals surface area contributed by atoms with E-state index in [1.54, 1.807) is 11.3 Å². The Morgan fingerprint density at radius 2 is 2.19 bits per heavy atom. The number of thiazole rings is 1. The molecule has 1 rings (SSSR count). The molecule has 0 aromatic carbocycles. The lowest BCUT2D eigenvalue weighted by Crippen LogP contribution is -2.28. The highest BCUT2D eigenvalue weighted by Crippen LogP contribution is 2.15. The molecule has 1 N–H and O–H groups in total. The van der Waals surface area contributed by atoms with Crippen LogP contribution in [-0.4, -0.2) is 36.1 Å². The zero-order valence-corrected chi connectivity index (χ0v) is 11.4. The Hall–Kier alpha value is -0.450. The second-order valence-electron chi connectivity index (χ2n) is 3.96. The molecule has 1 aromatic rings. The van der Waals surface area contributed by atoms with Crippen molar-refractivity contribution in [2.75, 3.05) is 26.2 Å². The largest absolute Gasteiger partial charge is 0.309 e. The Kier molecular flexibility index (Phi) is 6.61. The highest BCUT2D eigenvalue weighted by Gasteiger charge is 2.05. The maximum absolute atomic E-state index is 4.10. The molecule has 0 fully saturated rings. The van der Waals surface area contributed by atoms with Gasteiger partial charge in [-0.25, -0.2) is 0 Å². The maximum Gasteiger partial charge on any atom is 0.0794 e. The second kappa shape index (κ2) is 7.76. The van der Waals surface area contributed by atoms with Gasteiger partial charge in [-0.2, -0.15) is 0 Å². The highest BCUT2D eigenvalue weighted by molar-refractivity contribution is 7.09. The predicted molar refractivity (Wildman–Crippen MR) is 70.9 cm³/mol. The summed E-state index contributed by atoms with van der Waals surface area (Å²) in [6.07, 6.45) is 3.16. The Bertz CT molecular complexity index is 257. The zero-order valence-electron chi connectivity index (χ0n) is 10.6. The molecule has 3 nitrogen and oxygen atoms in total. The van der Waals surface area contributed by atoms with Crippen molar-refractivity contribution in [1.29, 1.82) is 0 Å². The van der Waals surface area contributed by atoms with E-state index in [-0.39, 0.29) is 0 Å². The van der Waals surface area contributed by atoms with Gasteiger partial charge in [-0.1, -0.05) is 13.8 Å². The Balaban J connectivity index is 2.11. The van der Waals surface area contributed by atoms with Crippen molar-refractivity contribution in [1.82, 2.24) is 15.2 Å². The number of aromatic nitrogens is 1. The Labute approximate surface area is 103 Å². The van der Waals surface area contributed by atoms with Crippen LogP contribution in [0, 0.1) is 0 Å². The molecule has 4 heteroatoms. The van der Waals surface area contributed by atoms with E-state index in [1.807, 2.05) is 11.7 Å². The van der Waals surface area contributed by atoms with Crippen LogP contribution in [-0.2, 0) is 0 Å². The second-order valence-corrected chi connectivity index (χ2v) is 4.88. The summed E-state index contributed by atoms with van der Waals surface area (Å²) in [6, 6.07) is 0.434. The molecule has 0 amide bonds. The van der Waals surface area contributed by atoms with Crippen LogP contribution in [0.1, 0.15) is 38.1 Å². The van der Waals surface area contributed by atoms with Crippen LogP contribution in [0.2, 0.25) is 0 Å². The molecule has 1 aromatic heterocycles. The molecular weight excluding hydrogens is 218 g/mol. The zero-order chi connectivity index (χ0) is 11.8. The third kappa shape index (κ3) is 4.60. The topological polar surface area (TPSA) is 28.2 Å². The number of rotatable bonds is 8. The van der Waals surface area contributed by atoms with Gasteiger partial charge in [0.05, 0.1) is 5.51 Å². The molecule has 0 spiro atoms. The summed E-state index contributed by atoms with van der Waals surface area (Å²) in [7, 11) is 0. The van der Waals surface area contributed by atoms with Gasteiger partial charge in [-0.3, -0.25) is 4.98 Å². The molecule has 0 saturated heterocycles. The summed E-state index contributed by atoms with van der Waals surface area (Å²) in [6.45, 7) is 11.2. The van der Waals surface area contributed by atoms with Gasteiger partial charge in [0, 0.05) is 17.1 Å². The number of nitrogens with one attached hydrogen (secondary N) is 1. The van der Waals surface area contributed by atoms with E-state index in [9.17, 15) is 0 Å². The van der Waals surface area contributed by atoms with E-state index in [1.165, 1.54) is 17.8 Å². The molecule has 0 radical (unpaired) electrons. The summed E-state index contributed by atoms with van der Waals surface area (Å²) >= 11 is 1.72. The minimum absolute atomic E-state index is 0.434. The van der Waals surface area contributed by atoms with Gasteiger partial charge in [0.1, 0.15) is 0 Å². The van der Waals surface area contributed by atoms with Crippen molar-refractivity contribution in [2.45, 2.75) is 33.2 Å². The highest BCUT2D eigenvalue weighted by atomic mass is 32.1. The minimum Gasteiger partial charge on any atom is -0.309 e. The summed E-state index contributed by atoms with van der Waals surface area (Å²) in [4.78, 5) is 7.88. The maximum atomic E-state index is 4.10. The molecule has 0 saturated carbocycles. The fourth-order valence-corrected chi connectivity index (χ4v) is 2.35. The smallest absolute Gasteiger partial charge is 0.0794 e. The molecule has 0 aliphatic heterocycles. The van der Waals surface area contributed by atoms with Gasteiger partial charge in [0.25, 0.3) is 0 Å². The fourth-order valence-electron chi connectivity index (χ4n) is 1.70. The third-order valence-corrected chi connectivity index (χ3v) is 3.83. The quantitative estimate of drug-likeness (QED) is 0.709. The van der Waals surface area contributed by atoms with Crippen LogP contribution in [0.15, 0.2) is 11.7 Å². The molecule has 0 aliphatic carbocycles. The van der Waals surface area contributed by atoms with E-state index in [0.717, 1.165) is 19.6 Å². The van der Waals surface area contributed by atoms with Crippen molar-refractivity contribution < 1.29 is 0 Å². The van der Waals surface area contributed by atoms with Crippen LogP contribution in [0.25, 0.3) is 0 Å². The van der Waals surface area contributed by atoms with Crippen LogP contribution in [0.3, 0.4) is 0 Å². The van der Waals surface area contributed by atoms with Crippen molar-refractivity contribution >= 4 is 11.3 Å². The van der Waals surface area contributed by atoms with Crippen LogP contribution >= 0.6 is 11.3 Å². The molecule has 92 valence electrons. The molecule has 16 heavy (non-hydrogen) atoms. The predicted octanol–water partition coefficient (Wildman–Crippen LogP) is 2.53. The lowest BCUT2D eigenvalue weighted by atomic mass is 10.3. The molecular formula is C12H23N3S. The average molecular weight is 241 g/mol. The summed E-state index contributed by atoms with van der Waals surface area (Å²) < 4.78 is 0. The van der Waals surface area contributed by atoms with E-state index >= 15 is 0 Å². The molecule has 1 atom stereocenters. The number of hydrogen-bond donors (Lipinski definition) is 1. The lowest BCUT2D eigenvalue weighted by molar-refractivity contribution is 0.296. The minimum atomic E-state index is 0.434. The summed E-state index contributed by atoms with van der Waals surface area (Å²) in [5.74, 6) is 0. The van der Waals surface area contributed by atoms with E-state index in [2.05, 4.69) is 36.0 Å². The van der Waals surface area contributed by atoms with Gasteiger partial charge >= 0.3 is 0 Å². The van der Waals surface area contributed by atoms with E-state index < -0.39 is 0 Å². The van der Waals surface area contributed by atoms with E-state index in [4.69, 9.17) is 0 Å². The van der Waals surface area contributed by atoms with Crippen LogP contribution in [0.5, 0.6) is 0 Å². The summed E-state index contributed by atoms with van der Waals surface area (Å²) in [5, 5.41) is 3.53. The van der Waals surface area contributed by atoms with Crippen LogP contribution < -0.4 is 5.32 Å². The van der Waals surface area contributed by atoms with Gasteiger partial charge < -0.3 is 10.2 Å². The average Bonchev–Trinajstić information content (AvgIpc) is 2.82. The molecule has 1 unspecified atom stereocenters. The molecule has 0 aliphatic rings. The SMILES string of the molecule is CCN(CC)CCCNC(C)c1cncs1. The van der Waals surface area contributed by atoms with Crippen molar-refractivity contribution in [3.63, 3.8) is 0 Å². The first kappa shape index (κ1) is 13.6. The standard InChI is InChI=1S/C12H23N3S/c1-4-15(5-2)8-6-7-14-11(3)12-9-13-10-16-12/h9-11,14H,4-8H2,1-3H3. The first-order valence-electron chi connectivity index (χ1n) is 6.12. The van der Waals surface area contributed by atoms with Gasteiger partial charge in [-0.15, -0.1) is 11.3 Å². The van der Waals surface area contributed by atoms with Crippen molar-refractivity contribution in [3.8, 4) is 0 Å². The number of hydrogen-bond acceptors (Lipinski definition) is 4. The Morgan fingerprint density at radius 3 is 2.75 bits per heavy atom. The number of nitrogens with zero attached hydrogens (tertiary/aromatic N) is 2. The van der Waals surface area contributed by atoms with E-state index in [0.29, 0.717) is 6.04 Å². The molecule has 0 bridgehead atoms. The van der Waals surface area contributed by atoms with Crippen molar-refractivity contribution in [3.05, 3.63) is 16.6 Å². The van der Waals surface area contributed by atoms with Gasteiger partial charge in [-0.05, 0) is 39.5 Å². The normalized spacial score (nSPS) is 13.2. The summed E-state index contributed by atoms with van der Waals surface area (Å²) in [5.41, 5.74) is 1.89. The van der Waals surface area contributed by atoms with Crippen molar-refractivity contribution in [2.24, 2.45) is 0 Å². The van der Waals surface area contributed by atoms with Crippen LogP contribution in [0.4, 0.5) is 0 Å². The first-order chi connectivity index (χ1) is 7.77. The Morgan fingerprint density at radius 1 is 1.44 bits per heavy atom. The van der Waals surface area contributed by atoms with Gasteiger partial charge in [0.15, 0.2) is 0 Å². The molecule has 1 heterocycles. The first-order valence-corrected chi connectivity index (χ1v) is 7.00. The monoisotopic (exact) mass is 241 g/mol. The van der Waals surface area contributed by atoms with Gasteiger partial charge in [0.2, 0.25) is 0 Å². The fraction of sp³-hybridized carbons (Fsp3) is 0.750. The lowest BCUT2D eigenvalue weighted by Gasteiger charge is -2.18. The third-order valence-electron chi connectivity index (χ3n) is 2.87.